The summed E-state index contributed by atoms with van der Waals surface area (Å²) in [5.74, 6) is 2.26. The lowest BCUT2D eigenvalue weighted by atomic mass is 10.1. The largest absolute Gasteiger partial charge is 0.497 e. The molecule has 1 saturated carbocycles. The van der Waals surface area contributed by atoms with Gasteiger partial charge in [0.25, 0.3) is 0 Å². The minimum absolute atomic E-state index is 0.224. The Labute approximate surface area is 232 Å². The zero-order valence-electron chi connectivity index (χ0n) is 23.2. The predicted molar refractivity (Wildman–Crippen MR) is 151 cm³/mol. The van der Waals surface area contributed by atoms with Crippen LogP contribution in [0.2, 0.25) is 0 Å². The molecule has 11 nitrogen and oxygen atoms in total. The zero-order chi connectivity index (χ0) is 28.6. The van der Waals surface area contributed by atoms with Gasteiger partial charge in [-0.05, 0) is 57.0 Å². The van der Waals surface area contributed by atoms with Crippen molar-refractivity contribution in [1.82, 2.24) is 15.0 Å². The molecule has 11 heteroatoms. The Kier molecular flexibility index (Phi) is 7.79. The number of aromatic nitrogens is 3. The summed E-state index contributed by atoms with van der Waals surface area (Å²) < 4.78 is 17.0. The average molecular weight is 550 g/mol. The van der Waals surface area contributed by atoms with E-state index < -0.39 is 24.2 Å². The molecule has 3 aromatic heterocycles. The first kappa shape index (κ1) is 27.6. The summed E-state index contributed by atoms with van der Waals surface area (Å²) in [7, 11) is 3.20. The van der Waals surface area contributed by atoms with E-state index in [2.05, 4.69) is 15.6 Å². The van der Waals surface area contributed by atoms with Crippen molar-refractivity contribution in [3.8, 4) is 22.8 Å². The van der Waals surface area contributed by atoms with Crippen molar-refractivity contribution in [2.24, 2.45) is 5.92 Å². The minimum atomic E-state index is -1.08. The number of nitrogens with one attached hydrogen (secondary N) is 2. The summed E-state index contributed by atoms with van der Waals surface area (Å²) in [6.45, 7) is 5.87. The highest BCUT2D eigenvalue weighted by Crippen LogP contribution is 2.38. The maximum absolute atomic E-state index is 10.7. The number of ether oxygens (including phenoxy) is 2. The standard InChI is InChI=1S/C29H35N5O6/c1-14-6-18-10-23(40-27(18)16(3)31-14)24-15(2)32-29(30-12-17-7-20(38-4)11-21(8-17)39-5)34-28(24)33-22-9-19(13-35)25(36)26(22)37/h6-8,10-11,19,22,25-26,35-37H,9,12-13H2,1-5H3,(H2,30,32,33,34). The van der Waals surface area contributed by atoms with Crippen molar-refractivity contribution >= 4 is 22.7 Å². The van der Waals surface area contributed by atoms with Gasteiger partial charge in [0.2, 0.25) is 5.95 Å². The van der Waals surface area contributed by atoms with E-state index in [1.54, 1.807) is 20.3 Å². The maximum atomic E-state index is 10.7. The van der Waals surface area contributed by atoms with Crippen molar-refractivity contribution in [3.05, 3.63) is 53.0 Å². The summed E-state index contributed by atoms with van der Waals surface area (Å²) in [6, 6.07) is 8.95. The number of methoxy groups -OCH3 is 2. The molecule has 40 heavy (non-hydrogen) atoms. The molecular formula is C29H35N5O6. The molecule has 5 N–H and O–H groups in total. The van der Waals surface area contributed by atoms with Crippen LogP contribution in [-0.2, 0) is 6.54 Å². The fourth-order valence-electron chi connectivity index (χ4n) is 5.32. The molecule has 0 radical (unpaired) electrons. The first-order valence-electron chi connectivity index (χ1n) is 13.2. The van der Waals surface area contributed by atoms with Crippen LogP contribution in [0.4, 0.5) is 11.8 Å². The van der Waals surface area contributed by atoms with Crippen LogP contribution in [0.1, 0.15) is 29.1 Å². The second-order valence-corrected chi connectivity index (χ2v) is 10.2. The van der Waals surface area contributed by atoms with E-state index >= 15 is 0 Å². The second kappa shape index (κ2) is 11.3. The van der Waals surface area contributed by atoms with Crippen LogP contribution in [-0.4, -0.2) is 69.3 Å². The lowest BCUT2D eigenvalue weighted by molar-refractivity contribution is 0.00446. The van der Waals surface area contributed by atoms with Crippen molar-refractivity contribution in [2.75, 3.05) is 31.5 Å². The fraction of sp³-hybridized carbons (Fsp3) is 0.414. The van der Waals surface area contributed by atoms with Crippen LogP contribution in [0.25, 0.3) is 22.3 Å². The molecule has 0 aliphatic heterocycles. The Bertz CT molecular complexity index is 1500. The number of rotatable bonds is 9. The van der Waals surface area contributed by atoms with E-state index in [4.69, 9.17) is 23.9 Å². The Morgan fingerprint density at radius 2 is 1.65 bits per heavy atom. The predicted octanol–water partition coefficient (Wildman–Crippen LogP) is 3.35. The van der Waals surface area contributed by atoms with E-state index in [1.165, 1.54) is 0 Å². The van der Waals surface area contributed by atoms with Crippen LogP contribution < -0.4 is 20.1 Å². The first-order chi connectivity index (χ1) is 19.2. The highest BCUT2D eigenvalue weighted by molar-refractivity contribution is 5.87. The van der Waals surface area contributed by atoms with Gasteiger partial charge >= 0.3 is 0 Å². The van der Waals surface area contributed by atoms with Crippen molar-refractivity contribution < 1.29 is 29.2 Å². The van der Waals surface area contributed by atoms with Crippen molar-refractivity contribution in [2.45, 2.75) is 52.0 Å². The summed E-state index contributed by atoms with van der Waals surface area (Å²) in [6.07, 6.45) is -1.75. The van der Waals surface area contributed by atoms with Gasteiger partial charge in [-0.15, -0.1) is 0 Å². The number of furan rings is 1. The van der Waals surface area contributed by atoms with Crippen LogP contribution in [0.15, 0.2) is 34.7 Å². The Morgan fingerprint density at radius 3 is 2.30 bits per heavy atom. The molecule has 5 rings (SSSR count). The molecule has 1 aliphatic carbocycles. The zero-order valence-corrected chi connectivity index (χ0v) is 23.2. The SMILES string of the molecule is COc1cc(CNc2nc(C)c(-c3cc4cc(C)nc(C)c4o3)c(NC3CC(CO)C(O)C3O)n2)cc(OC)c1. The lowest BCUT2D eigenvalue weighted by Gasteiger charge is -2.21. The number of aliphatic hydroxyl groups excluding tert-OH is 3. The van der Waals surface area contributed by atoms with Gasteiger partial charge in [-0.3, -0.25) is 4.98 Å². The number of hydrogen-bond donors (Lipinski definition) is 5. The highest BCUT2D eigenvalue weighted by Gasteiger charge is 2.41. The van der Waals surface area contributed by atoms with Gasteiger partial charge in [0.1, 0.15) is 29.2 Å². The molecule has 4 aromatic rings. The quantitative estimate of drug-likeness (QED) is 0.209. The number of aliphatic hydroxyl groups is 3. The fourth-order valence-corrected chi connectivity index (χ4v) is 5.32. The molecule has 0 amide bonds. The molecule has 0 saturated heterocycles. The Hall–Kier alpha value is -3.93. The molecule has 0 bridgehead atoms. The van der Waals surface area contributed by atoms with Gasteiger partial charge in [-0.25, -0.2) is 4.98 Å². The van der Waals surface area contributed by atoms with Gasteiger partial charge in [0.05, 0.1) is 43.3 Å². The lowest BCUT2D eigenvalue weighted by Crippen LogP contribution is -2.35. The third kappa shape index (κ3) is 5.40. The maximum Gasteiger partial charge on any atom is 0.225 e. The molecule has 0 spiro atoms. The molecule has 212 valence electrons. The summed E-state index contributed by atoms with van der Waals surface area (Å²) in [5.41, 5.74) is 4.54. The Balaban J connectivity index is 1.53. The molecule has 4 atom stereocenters. The van der Waals surface area contributed by atoms with Crippen molar-refractivity contribution in [1.29, 1.82) is 0 Å². The second-order valence-electron chi connectivity index (χ2n) is 10.2. The molecular weight excluding hydrogens is 514 g/mol. The van der Waals surface area contributed by atoms with Gasteiger partial charge in [-0.2, -0.15) is 4.98 Å². The normalized spacial score (nSPS) is 20.6. The topological polar surface area (TPSA) is 155 Å². The molecule has 3 heterocycles. The van der Waals surface area contributed by atoms with E-state index in [0.29, 0.717) is 58.8 Å². The van der Waals surface area contributed by atoms with Crippen LogP contribution in [0, 0.1) is 26.7 Å². The number of benzene rings is 1. The summed E-state index contributed by atoms with van der Waals surface area (Å²) in [4.78, 5) is 14.0. The Morgan fingerprint density at radius 1 is 0.925 bits per heavy atom. The van der Waals surface area contributed by atoms with Crippen LogP contribution in [0.3, 0.4) is 0 Å². The molecule has 1 aromatic carbocycles. The number of pyridine rings is 1. The monoisotopic (exact) mass is 549 g/mol. The minimum Gasteiger partial charge on any atom is -0.497 e. The molecule has 4 unspecified atom stereocenters. The number of hydrogen-bond acceptors (Lipinski definition) is 11. The van der Waals surface area contributed by atoms with E-state index in [-0.39, 0.29) is 6.61 Å². The van der Waals surface area contributed by atoms with Crippen LogP contribution >= 0.6 is 0 Å². The number of nitrogens with zero attached hydrogens (tertiary/aromatic N) is 3. The summed E-state index contributed by atoms with van der Waals surface area (Å²) in [5, 5.41) is 38.3. The number of anilines is 2. The van der Waals surface area contributed by atoms with Gasteiger partial charge in [0.15, 0.2) is 5.58 Å². The number of aryl methyl sites for hydroxylation is 3. The third-order valence-corrected chi connectivity index (χ3v) is 7.35. The summed E-state index contributed by atoms with van der Waals surface area (Å²) >= 11 is 0. The highest BCUT2D eigenvalue weighted by atomic mass is 16.5. The number of fused-ring (bicyclic) bond motifs is 1. The molecule has 1 fully saturated rings. The van der Waals surface area contributed by atoms with Crippen molar-refractivity contribution in [3.63, 3.8) is 0 Å². The van der Waals surface area contributed by atoms with E-state index in [9.17, 15) is 15.3 Å². The van der Waals surface area contributed by atoms with Gasteiger partial charge in [-0.1, -0.05) is 0 Å². The van der Waals surface area contributed by atoms with E-state index in [1.807, 2.05) is 45.0 Å². The first-order valence-corrected chi connectivity index (χ1v) is 13.2. The van der Waals surface area contributed by atoms with E-state index in [0.717, 1.165) is 22.3 Å². The van der Waals surface area contributed by atoms with Gasteiger partial charge < -0.3 is 39.8 Å². The molecule has 1 aliphatic rings. The third-order valence-electron chi connectivity index (χ3n) is 7.35. The smallest absolute Gasteiger partial charge is 0.225 e. The average Bonchev–Trinajstić information content (AvgIpc) is 3.47. The van der Waals surface area contributed by atoms with Gasteiger partial charge in [0, 0.05) is 36.2 Å². The van der Waals surface area contributed by atoms with Crippen LogP contribution in [0.5, 0.6) is 11.5 Å².